The number of benzene rings is 1. The Morgan fingerprint density at radius 3 is 2.54 bits per heavy atom. The highest BCUT2D eigenvalue weighted by Gasteiger charge is 2.33. The molecule has 28 heavy (non-hydrogen) atoms. The molecule has 1 atom stereocenters. The highest BCUT2D eigenvalue weighted by Crippen LogP contribution is 2.35. The first-order chi connectivity index (χ1) is 13.1. The van der Waals surface area contributed by atoms with Crippen LogP contribution in [0.5, 0.6) is 0 Å². The third-order valence-electron chi connectivity index (χ3n) is 5.27. The van der Waals surface area contributed by atoms with Crippen molar-refractivity contribution in [2.24, 2.45) is 0 Å². The van der Waals surface area contributed by atoms with Crippen LogP contribution in [-0.4, -0.2) is 38.1 Å². The maximum absolute atomic E-state index is 12.8. The highest BCUT2D eigenvalue weighted by atomic mass is 28.3. The number of ether oxygens (including phenoxy) is 1. The summed E-state index contributed by atoms with van der Waals surface area (Å²) in [4.78, 5) is 29.3. The van der Waals surface area contributed by atoms with Crippen molar-refractivity contribution >= 4 is 30.9 Å². The molecule has 1 aromatic carbocycles. The van der Waals surface area contributed by atoms with Gasteiger partial charge in [-0.25, -0.2) is 4.79 Å². The standard InChI is InChI=1S/C22H28N2O3Si/c1-22(2,3)28(5,6)15-9-12-19(21(26)27-4)24-20(25)17-13-14-23-18-11-8-7-10-16(17)18/h7-8,10-11,13-14,19H,12H2,1-6H3,(H,24,25)/t19-/m1/s1. The molecule has 0 aliphatic rings. The van der Waals surface area contributed by atoms with E-state index in [-0.39, 0.29) is 17.4 Å². The van der Waals surface area contributed by atoms with Crippen LogP contribution >= 0.6 is 0 Å². The average molecular weight is 397 g/mol. The van der Waals surface area contributed by atoms with Gasteiger partial charge in [-0.1, -0.05) is 52.1 Å². The Labute approximate surface area is 167 Å². The summed E-state index contributed by atoms with van der Waals surface area (Å²) in [5.41, 5.74) is 4.56. The first-order valence-corrected chi connectivity index (χ1v) is 12.3. The third kappa shape index (κ3) is 4.99. The summed E-state index contributed by atoms with van der Waals surface area (Å²) in [6.45, 7) is 11.0. The first kappa shape index (κ1) is 21.6. The first-order valence-electron chi connectivity index (χ1n) is 9.29. The van der Waals surface area contributed by atoms with E-state index in [1.807, 2.05) is 24.3 Å². The van der Waals surface area contributed by atoms with Crippen molar-refractivity contribution in [3.63, 3.8) is 0 Å². The maximum Gasteiger partial charge on any atom is 0.329 e. The molecular weight excluding hydrogens is 368 g/mol. The van der Waals surface area contributed by atoms with Crippen LogP contribution in [0.25, 0.3) is 10.9 Å². The Balaban J connectivity index is 2.23. The number of carbonyl (C=O) groups excluding carboxylic acids is 2. The number of methoxy groups -OCH3 is 1. The van der Waals surface area contributed by atoms with Gasteiger partial charge in [-0.05, 0) is 17.2 Å². The van der Waals surface area contributed by atoms with Gasteiger partial charge in [0.15, 0.2) is 0 Å². The monoisotopic (exact) mass is 396 g/mol. The Morgan fingerprint density at radius 1 is 1.21 bits per heavy atom. The average Bonchev–Trinajstić information content (AvgIpc) is 2.65. The molecule has 0 saturated carbocycles. The van der Waals surface area contributed by atoms with E-state index in [0.29, 0.717) is 5.56 Å². The molecule has 1 aromatic heterocycles. The number of para-hydroxylation sites is 1. The van der Waals surface area contributed by atoms with Gasteiger partial charge in [0.05, 0.1) is 18.2 Å². The molecule has 148 valence electrons. The summed E-state index contributed by atoms with van der Waals surface area (Å²) in [5, 5.41) is 3.63. The third-order valence-corrected chi connectivity index (χ3v) is 9.82. The molecule has 0 unspecified atom stereocenters. The smallest absolute Gasteiger partial charge is 0.329 e. The predicted molar refractivity (Wildman–Crippen MR) is 115 cm³/mol. The zero-order valence-electron chi connectivity index (χ0n) is 17.4. The molecule has 1 heterocycles. The summed E-state index contributed by atoms with van der Waals surface area (Å²) >= 11 is 0. The number of amides is 1. The van der Waals surface area contributed by atoms with Crippen LogP contribution in [0, 0.1) is 11.5 Å². The van der Waals surface area contributed by atoms with E-state index in [1.165, 1.54) is 7.11 Å². The Kier molecular flexibility index (Phi) is 6.63. The molecule has 0 bridgehead atoms. The lowest BCUT2D eigenvalue weighted by molar-refractivity contribution is -0.142. The quantitative estimate of drug-likeness (QED) is 0.483. The van der Waals surface area contributed by atoms with Gasteiger partial charge in [-0.2, -0.15) is 0 Å². The number of hydrogen-bond donors (Lipinski definition) is 1. The number of fused-ring (bicyclic) bond motifs is 1. The van der Waals surface area contributed by atoms with Gasteiger partial charge < -0.3 is 10.1 Å². The number of pyridine rings is 1. The minimum Gasteiger partial charge on any atom is -0.467 e. The van der Waals surface area contributed by atoms with E-state index in [4.69, 9.17) is 4.74 Å². The SMILES string of the molecule is COC(=O)[C@@H](CC#C[Si](C)(C)C(C)(C)C)NC(=O)c1ccnc2ccccc12. The molecule has 2 rings (SSSR count). The molecule has 6 heteroatoms. The van der Waals surface area contributed by atoms with Gasteiger partial charge in [0.25, 0.3) is 5.91 Å². The number of hydrogen-bond acceptors (Lipinski definition) is 4. The Morgan fingerprint density at radius 2 is 1.89 bits per heavy atom. The number of carbonyl (C=O) groups is 2. The van der Waals surface area contributed by atoms with Crippen molar-refractivity contribution in [1.29, 1.82) is 0 Å². The number of rotatable bonds is 4. The van der Waals surface area contributed by atoms with Gasteiger partial charge >= 0.3 is 5.97 Å². The molecule has 0 saturated heterocycles. The van der Waals surface area contributed by atoms with Gasteiger partial charge in [0.2, 0.25) is 0 Å². The normalized spacial score (nSPS) is 12.6. The maximum atomic E-state index is 12.8. The summed E-state index contributed by atoms with van der Waals surface area (Å²) in [6, 6.07) is 8.22. The molecule has 1 N–H and O–H groups in total. The largest absolute Gasteiger partial charge is 0.467 e. The Bertz CT molecular complexity index is 931. The van der Waals surface area contributed by atoms with Crippen LogP contribution in [0.2, 0.25) is 18.1 Å². The van der Waals surface area contributed by atoms with E-state index < -0.39 is 20.1 Å². The lowest BCUT2D eigenvalue weighted by Gasteiger charge is -2.31. The molecule has 5 nitrogen and oxygen atoms in total. The van der Waals surface area contributed by atoms with Crippen LogP contribution in [0.3, 0.4) is 0 Å². The van der Waals surface area contributed by atoms with Crippen molar-refractivity contribution in [2.45, 2.75) is 51.4 Å². The number of aromatic nitrogens is 1. The second-order valence-electron chi connectivity index (χ2n) is 8.31. The van der Waals surface area contributed by atoms with Crippen molar-refractivity contribution < 1.29 is 14.3 Å². The molecule has 0 radical (unpaired) electrons. The second kappa shape index (κ2) is 8.57. The molecule has 2 aromatic rings. The van der Waals surface area contributed by atoms with Crippen LogP contribution in [0.15, 0.2) is 36.5 Å². The van der Waals surface area contributed by atoms with Crippen molar-refractivity contribution in [1.82, 2.24) is 10.3 Å². The summed E-state index contributed by atoms with van der Waals surface area (Å²) in [6.07, 6.45) is 1.80. The van der Waals surface area contributed by atoms with Crippen LogP contribution in [0.1, 0.15) is 37.6 Å². The minimum atomic E-state index is -1.79. The lowest BCUT2D eigenvalue weighted by atomic mass is 10.1. The summed E-state index contributed by atoms with van der Waals surface area (Å²) in [5.74, 6) is 2.28. The molecule has 1 amide bonds. The van der Waals surface area contributed by atoms with Crippen LogP contribution in [-0.2, 0) is 9.53 Å². The van der Waals surface area contributed by atoms with Gasteiger partial charge in [-0.15, -0.1) is 11.5 Å². The fraction of sp³-hybridized carbons (Fsp3) is 0.409. The van der Waals surface area contributed by atoms with Crippen molar-refractivity contribution in [3.8, 4) is 11.5 Å². The number of nitrogens with one attached hydrogen (secondary N) is 1. The molecular formula is C22H28N2O3Si. The van der Waals surface area contributed by atoms with Crippen LogP contribution < -0.4 is 5.32 Å². The van der Waals surface area contributed by atoms with Gasteiger partial charge in [0, 0.05) is 18.0 Å². The zero-order valence-corrected chi connectivity index (χ0v) is 18.4. The predicted octanol–water partition coefficient (Wildman–Crippen LogP) is 3.95. The van der Waals surface area contributed by atoms with Gasteiger partial charge in [0.1, 0.15) is 14.1 Å². The summed E-state index contributed by atoms with van der Waals surface area (Å²) < 4.78 is 4.86. The lowest BCUT2D eigenvalue weighted by Crippen LogP contribution is -2.41. The fourth-order valence-electron chi connectivity index (χ4n) is 2.43. The van der Waals surface area contributed by atoms with Crippen molar-refractivity contribution in [2.75, 3.05) is 7.11 Å². The molecule has 0 spiro atoms. The van der Waals surface area contributed by atoms with E-state index >= 15 is 0 Å². The Hall–Kier alpha value is -2.65. The van der Waals surface area contributed by atoms with E-state index in [2.05, 4.69) is 55.6 Å². The fourth-order valence-corrected chi connectivity index (χ4v) is 3.35. The highest BCUT2D eigenvalue weighted by molar-refractivity contribution is 6.87. The second-order valence-corrected chi connectivity index (χ2v) is 13.3. The van der Waals surface area contributed by atoms with E-state index in [1.54, 1.807) is 12.3 Å². The minimum absolute atomic E-state index is 0.125. The van der Waals surface area contributed by atoms with E-state index in [9.17, 15) is 9.59 Å². The summed E-state index contributed by atoms with van der Waals surface area (Å²) in [7, 11) is -0.481. The molecule has 0 aliphatic carbocycles. The zero-order chi connectivity index (χ0) is 20.9. The molecule has 0 fully saturated rings. The number of esters is 1. The van der Waals surface area contributed by atoms with Crippen molar-refractivity contribution in [3.05, 3.63) is 42.1 Å². The topological polar surface area (TPSA) is 68.3 Å². The molecule has 0 aliphatic heterocycles. The van der Waals surface area contributed by atoms with Crippen LogP contribution in [0.4, 0.5) is 0 Å². The van der Waals surface area contributed by atoms with E-state index in [0.717, 1.165) is 10.9 Å². The van der Waals surface area contributed by atoms with Gasteiger partial charge in [-0.3, -0.25) is 9.78 Å². The number of nitrogens with zero attached hydrogens (tertiary/aromatic N) is 1.